The molecule has 2 heterocycles. The Labute approximate surface area is 116 Å². The van der Waals surface area contributed by atoms with Gasteiger partial charge in [-0.25, -0.2) is 13.6 Å². The second-order valence-electron chi connectivity index (χ2n) is 4.87. The van der Waals surface area contributed by atoms with E-state index in [0.29, 0.717) is 18.8 Å². The van der Waals surface area contributed by atoms with Gasteiger partial charge in [-0.2, -0.15) is 0 Å². The van der Waals surface area contributed by atoms with E-state index in [-0.39, 0.29) is 10.1 Å². The molecule has 0 saturated carbocycles. The van der Waals surface area contributed by atoms with Crippen LogP contribution in [0.5, 0.6) is 0 Å². The molecule has 8 heteroatoms. The van der Waals surface area contributed by atoms with Gasteiger partial charge in [0.1, 0.15) is 4.21 Å². The summed E-state index contributed by atoms with van der Waals surface area (Å²) in [6.07, 6.45) is 1.73. The highest BCUT2D eigenvalue weighted by Crippen LogP contribution is 2.22. The molecule has 106 valence electrons. The zero-order valence-corrected chi connectivity index (χ0v) is 12.1. The van der Waals surface area contributed by atoms with E-state index >= 15 is 0 Å². The lowest BCUT2D eigenvalue weighted by Crippen LogP contribution is -2.51. The van der Waals surface area contributed by atoms with Crippen LogP contribution >= 0.6 is 11.3 Å². The van der Waals surface area contributed by atoms with Gasteiger partial charge in [-0.05, 0) is 25.8 Å². The van der Waals surface area contributed by atoms with Crippen LogP contribution in [0.25, 0.3) is 0 Å². The molecule has 0 bridgehead atoms. The zero-order chi connectivity index (χ0) is 14.1. The maximum absolute atomic E-state index is 12.1. The smallest absolute Gasteiger partial charge is 0.252 e. The van der Waals surface area contributed by atoms with Crippen molar-refractivity contribution in [2.75, 3.05) is 13.2 Å². The van der Waals surface area contributed by atoms with E-state index in [2.05, 4.69) is 5.32 Å². The Morgan fingerprint density at radius 3 is 2.84 bits per heavy atom. The van der Waals surface area contributed by atoms with E-state index in [9.17, 15) is 13.2 Å². The van der Waals surface area contributed by atoms with Gasteiger partial charge in [0.15, 0.2) is 0 Å². The third-order valence-electron chi connectivity index (χ3n) is 2.97. The highest BCUT2D eigenvalue weighted by molar-refractivity contribution is 7.91. The van der Waals surface area contributed by atoms with Gasteiger partial charge in [-0.3, -0.25) is 4.79 Å². The van der Waals surface area contributed by atoms with Gasteiger partial charge in [0, 0.05) is 12.0 Å². The Morgan fingerprint density at radius 1 is 1.58 bits per heavy atom. The largest absolute Gasteiger partial charge is 0.379 e. The number of amides is 1. The number of rotatable bonds is 3. The normalized spacial score (nSPS) is 24.1. The van der Waals surface area contributed by atoms with E-state index in [1.807, 2.05) is 6.92 Å². The molecule has 1 amide bonds. The zero-order valence-electron chi connectivity index (χ0n) is 10.5. The van der Waals surface area contributed by atoms with Crippen molar-refractivity contribution in [3.05, 3.63) is 17.0 Å². The summed E-state index contributed by atoms with van der Waals surface area (Å²) in [7, 11) is -3.75. The first-order chi connectivity index (χ1) is 8.80. The molecule has 1 fully saturated rings. The highest BCUT2D eigenvalue weighted by atomic mass is 32.2. The summed E-state index contributed by atoms with van der Waals surface area (Å²) >= 11 is 0.941. The van der Waals surface area contributed by atoms with Crippen LogP contribution in [-0.4, -0.2) is 33.1 Å². The molecule has 2 rings (SSSR count). The summed E-state index contributed by atoms with van der Waals surface area (Å²) in [5.41, 5.74) is -0.0974. The average Bonchev–Trinajstić information content (AvgIpc) is 2.78. The molecule has 0 spiro atoms. The van der Waals surface area contributed by atoms with Gasteiger partial charge < -0.3 is 10.1 Å². The van der Waals surface area contributed by atoms with Crippen LogP contribution in [-0.2, 0) is 14.8 Å². The van der Waals surface area contributed by atoms with E-state index < -0.39 is 15.6 Å². The second kappa shape index (κ2) is 5.20. The molecule has 1 aliphatic rings. The SMILES string of the molecule is CC1(NC(=O)c2csc(S(N)(=O)=O)c2)CCCOC1. The van der Waals surface area contributed by atoms with Gasteiger partial charge >= 0.3 is 0 Å². The predicted octanol–water partition coefficient (Wildman–Crippen LogP) is 0.694. The predicted molar refractivity (Wildman–Crippen MR) is 71.6 cm³/mol. The fraction of sp³-hybridized carbons (Fsp3) is 0.545. The summed E-state index contributed by atoms with van der Waals surface area (Å²) in [6.45, 7) is 3.08. The van der Waals surface area contributed by atoms with Crippen molar-refractivity contribution >= 4 is 27.3 Å². The summed E-state index contributed by atoms with van der Waals surface area (Å²) in [4.78, 5) is 12.1. The first-order valence-electron chi connectivity index (χ1n) is 5.82. The Morgan fingerprint density at radius 2 is 2.32 bits per heavy atom. The molecule has 0 radical (unpaired) electrons. The first-order valence-corrected chi connectivity index (χ1v) is 8.24. The van der Waals surface area contributed by atoms with Crippen molar-refractivity contribution in [3.63, 3.8) is 0 Å². The molecule has 3 N–H and O–H groups in total. The third kappa shape index (κ3) is 3.53. The molecule has 1 aromatic rings. The maximum atomic E-state index is 12.1. The monoisotopic (exact) mass is 304 g/mol. The lowest BCUT2D eigenvalue weighted by atomic mass is 9.94. The lowest BCUT2D eigenvalue weighted by Gasteiger charge is -2.34. The summed E-state index contributed by atoms with van der Waals surface area (Å²) in [6, 6.07) is 1.29. The molecule has 1 aromatic heterocycles. The van der Waals surface area contributed by atoms with Gasteiger partial charge in [0.05, 0.1) is 17.7 Å². The van der Waals surface area contributed by atoms with Gasteiger partial charge in [-0.15, -0.1) is 11.3 Å². The minimum atomic E-state index is -3.75. The molecule has 19 heavy (non-hydrogen) atoms. The molecule has 1 atom stereocenters. The van der Waals surface area contributed by atoms with E-state index in [1.165, 1.54) is 11.4 Å². The Kier molecular flexibility index (Phi) is 3.95. The van der Waals surface area contributed by atoms with Gasteiger partial charge in [0.25, 0.3) is 5.91 Å². The van der Waals surface area contributed by atoms with Crippen LogP contribution in [0.2, 0.25) is 0 Å². The van der Waals surface area contributed by atoms with Crippen LogP contribution in [0.1, 0.15) is 30.1 Å². The Bertz CT molecular complexity index is 573. The van der Waals surface area contributed by atoms with Crippen LogP contribution in [0, 0.1) is 0 Å². The van der Waals surface area contributed by atoms with Crippen molar-refractivity contribution < 1.29 is 17.9 Å². The van der Waals surface area contributed by atoms with Crippen molar-refractivity contribution in [3.8, 4) is 0 Å². The molecular weight excluding hydrogens is 288 g/mol. The number of primary sulfonamides is 1. The molecule has 1 aliphatic heterocycles. The number of carbonyl (C=O) groups excluding carboxylic acids is 1. The number of nitrogens with one attached hydrogen (secondary N) is 1. The number of hydrogen-bond donors (Lipinski definition) is 2. The fourth-order valence-electron chi connectivity index (χ4n) is 1.96. The second-order valence-corrected chi connectivity index (χ2v) is 7.57. The first kappa shape index (κ1) is 14.4. The Balaban J connectivity index is 2.10. The van der Waals surface area contributed by atoms with E-state index in [1.54, 1.807) is 0 Å². The maximum Gasteiger partial charge on any atom is 0.252 e. The highest BCUT2D eigenvalue weighted by Gasteiger charge is 2.30. The van der Waals surface area contributed by atoms with Crippen LogP contribution < -0.4 is 10.5 Å². The van der Waals surface area contributed by atoms with Crippen LogP contribution in [0.4, 0.5) is 0 Å². The Hall–Kier alpha value is -0.960. The van der Waals surface area contributed by atoms with Gasteiger partial charge in [-0.1, -0.05) is 0 Å². The van der Waals surface area contributed by atoms with Crippen LogP contribution in [0.3, 0.4) is 0 Å². The fourth-order valence-corrected chi connectivity index (χ4v) is 3.55. The number of nitrogens with two attached hydrogens (primary N) is 1. The van der Waals surface area contributed by atoms with Crippen molar-refractivity contribution in [1.29, 1.82) is 0 Å². The molecule has 1 saturated heterocycles. The minimum Gasteiger partial charge on any atom is -0.379 e. The summed E-state index contributed by atoms with van der Waals surface area (Å²) in [5, 5.41) is 9.38. The molecule has 0 aliphatic carbocycles. The molecule has 0 aromatic carbocycles. The number of ether oxygens (including phenoxy) is 1. The summed E-state index contributed by atoms with van der Waals surface area (Å²) < 4.78 is 27.7. The average molecular weight is 304 g/mol. The molecular formula is C11H16N2O4S2. The van der Waals surface area contributed by atoms with Gasteiger partial charge in [0.2, 0.25) is 10.0 Å². The molecule has 1 unspecified atom stereocenters. The third-order valence-corrected chi connectivity index (χ3v) is 5.36. The number of sulfonamides is 1. The number of hydrogen-bond acceptors (Lipinski definition) is 5. The van der Waals surface area contributed by atoms with E-state index in [4.69, 9.17) is 9.88 Å². The minimum absolute atomic E-state index is 0.0114. The van der Waals surface area contributed by atoms with Crippen molar-refractivity contribution in [2.24, 2.45) is 5.14 Å². The number of thiophene rings is 1. The standard InChI is InChI=1S/C11H16N2O4S2/c1-11(3-2-4-17-7-11)13-10(14)8-5-9(18-6-8)19(12,15)16/h5-6H,2-4,7H2,1H3,(H,13,14)(H2,12,15,16). The van der Waals surface area contributed by atoms with Crippen LogP contribution in [0.15, 0.2) is 15.7 Å². The molecule has 6 nitrogen and oxygen atoms in total. The van der Waals surface area contributed by atoms with Crippen molar-refractivity contribution in [2.45, 2.75) is 29.5 Å². The number of carbonyl (C=O) groups is 1. The quantitative estimate of drug-likeness (QED) is 0.858. The topological polar surface area (TPSA) is 98.5 Å². The van der Waals surface area contributed by atoms with Crippen molar-refractivity contribution in [1.82, 2.24) is 5.32 Å². The lowest BCUT2D eigenvalue weighted by molar-refractivity contribution is 0.0273. The summed E-state index contributed by atoms with van der Waals surface area (Å²) in [5.74, 6) is -0.306. The van der Waals surface area contributed by atoms with E-state index in [0.717, 1.165) is 24.2 Å².